The van der Waals surface area contributed by atoms with Crippen LogP contribution in [0.1, 0.15) is 5.56 Å². The number of benzene rings is 1. The van der Waals surface area contributed by atoms with Crippen molar-refractivity contribution < 1.29 is 12.8 Å². The van der Waals surface area contributed by atoms with Gasteiger partial charge in [0, 0.05) is 0 Å². The molecule has 0 spiro atoms. The molecule has 0 aliphatic rings. The van der Waals surface area contributed by atoms with Gasteiger partial charge in [0.2, 0.25) is 10.0 Å². The summed E-state index contributed by atoms with van der Waals surface area (Å²) in [4.78, 5) is -0.0469. The lowest BCUT2D eigenvalue weighted by Gasteiger charge is -2.02. The van der Waals surface area contributed by atoms with Crippen LogP contribution in [0, 0.1) is 18.2 Å². The topological polar surface area (TPSA) is 46.2 Å². The first kappa shape index (κ1) is 10.7. The molecule has 0 saturated heterocycles. The van der Waals surface area contributed by atoms with E-state index in [0.717, 1.165) is 18.2 Å². The molecule has 0 amide bonds. The highest BCUT2D eigenvalue weighted by Gasteiger charge is 2.12. The van der Waals surface area contributed by atoms with Gasteiger partial charge in [0.1, 0.15) is 5.82 Å². The molecule has 1 aromatic carbocycles. The van der Waals surface area contributed by atoms with Gasteiger partial charge in [0.25, 0.3) is 0 Å². The van der Waals surface area contributed by atoms with Crippen molar-refractivity contribution in [3.63, 3.8) is 0 Å². The minimum absolute atomic E-state index is 0.0469. The van der Waals surface area contributed by atoms with Crippen molar-refractivity contribution in [2.45, 2.75) is 4.90 Å². The van der Waals surface area contributed by atoms with Crippen molar-refractivity contribution in [2.75, 3.05) is 7.05 Å². The molecule has 0 aliphatic carbocycles. The van der Waals surface area contributed by atoms with Crippen LogP contribution in [-0.2, 0) is 10.0 Å². The average Bonchev–Trinajstić information content (AvgIpc) is 2.18. The minimum Gasteiger partial charge on any atom is -0.214 e. The first-order chi connectivity index (χ1) is 6.51. The fourth-order valence-corrected chi connectivity index (χ4v) is 1.66. The number of rotatable bonds is 2. The Labute approximate surface area is 82.0 Å². The Morgan fingerprint density at radius 2 is 2.14 bits per heavy atom. The summed E-state index contributed by atoms with van der Waals surface area (Å²) in [7, 11) is -2.29. The summed E-state index contributed by atoms with van der Waals surface area (Å²) in [5.74, 6) is 1.46. The molecular formula is C9H8FNO2S. The van der Waals surface area contributed by atoms with E-state index < -0.39 is 15.8 Å². The lowest BCUT2D eigenvalue weighted by molar-refractivity contribution is 0.587. The van der Waals surface area contributed by atoms with Crippen molar-refractivity contribution in [1.29, 1.82) is 0 Å². The summed E-state index contributed by atoms with van der Waals surface area (Å²) < 4.78 is 37.6. The third-order valence-electron chi connectivity index (χ3n) is 1.67. The molecule has 0 saturated carbocycles. The van der Waals surface area contributed by atoms with E-state index in [1.54, 1.807) is 0 Å². The average molecular weight is 213 g/mol. The lowest BCUT2D eigenvalue weighted by atomic mass is 10.2. The van der Waals surface area contributed by atoms with Crippen molar-refractivity contribution >= 4 is 10.0 Å². The van der Waals surface area contributed by atoms with Gasteiger partial charge in [0.15, 0.2) is 0 Å². The van der Waals surface area contributed by atoms with E-state index in [1.807, 2.05) is 0 Å². The van der Waals surface area contributed by atoms with Gasteiger partial charge in [0.05, 0.1) is 10.5 Å². The fourth-order valence-electron chi connectivity index (χ4n) is 0.900. The van der Waals surface area contributed by atoms with Gasteiger partial charge < -0.3 is 0 Å². The van der Waals surface area contributed by atoms with Crippen molar-refractivity contribution in [3.05, 3.63) is 29.6 Å². The first-order valence-electron chi connectivity index (χ1n) is 3.71. The van der Waals surface area contributed by atoms with Crippen LogP contribution in [0.3, 0.4) is 0 Å². The normalized spacial score (nSPS) is 10.9. The molecule has 5 heteroatoms. The molecule has 0 radical (unpaired) electrons. The molecule has 1 N–H and O–H groups in total. The Hall–Kier alpha value is -1.38. The van der Waals surface area contributed by atoms with E-state index in [4.69, 9.17) is 6.42 Å². The first-order valence-corrected chi connectivity index (χ1v) is 5.19. The molecular weight excluding hydrogens is 205 g/mol. The summed E-state index contributed by atoms with van der Waals surface area (Å²) in [6.45, 7) is 0. The van der Waals surface area contributed by atoms with E-state index in [-0.39, 0.29) is 10.5 Å². The highest BCUT2D eigenvalue weighted by molar-refractivity contribution is 7.89. The number of halogens is 1. The standard InChI is InChI=1S/C9H8FNO2S/c1-3-7-6-8(4-5-9(7)10)14(12,13)11-2/h1,4-6,11H,2H3. The van der Waals surface area contributed by atoms with Gasteiger partial charge in [-0.15, -0.1) is 6.42 Å². The number of hydrogen-bond donors (Lipinski definition) is 1. The second kappa shape index (κ2) is 3.78. The number of sulfonamides is 1. The number of terminal acetylenes is 1. The predicted octanol–water partition coefficient (Wildman–Crippen LogP) is 0.715. The van der Waals surface area contributed by atoms with Crippen LogP contribution >= 0.6 is 0 Å². The second-order valence-electron chi connectivity index (χ2n) is 2.49. The number of hydrogen-bond acceptors (Lipinski definition) is 2. The highest BCUT2D eigenvalue weighted by Crippen LogP contribution is 2.13. The van der Waals surface area contributed by atoms with E-state index in [9.17, 15) is 12.8 Å². The minimum atomic E-state index is -3.56. The summed E-state index contributed by atoms with van der Waals surface area (Å²) in [6.07, 6.45) is 5.00. The SMILES string of the molecule is C#Cc1cc(S(=O)(=O)NC)ccc1F. The quantitative estimate of drug-likeness (QED) is 0.736. The lowest BCUT2D eigenvalue weighted by Crippen LogP contribution is -2.18. The molecule has 74 valence electrons. The second-order valence-corrected chi connectivity index (χ2v) is 4.38. The molecule has 0 heterocycles. The molecule has 14 heavy (non-hydrogen) atoms. The zero-order valence-corrected chi connectivity index (χ0v) is 8.23. The van der Waals surface area contributed by atoms with Crippen molar-refractivity contribution in [1.82, 2.24) is 4.72 Å². The monoisotopic (exact) mass is 213 g/mol. The molecule has 0 unspecified atom stereocenters. The molecule has 0 aliphatic heterocycles. The molecule has 1 aromatic rings. The Bertz CT molecular complexity index is 488. The third-order valence-corrected chi connectivity index (χ3v) is 3.08. The molecule has 0 aromatic heterocycles. The summed E-state index contributed by atoms with van der Waals surface area (Å²) in [5, 5.41) is 0. The maximum absolute atomic E-state index is 12.9. The Kier molecular flexibility index (Phi) is 2.89. The van der Waals surface area contributed by atoms with Crippen LogP contribution < -0.4 is 4.72 Å². The van der Waals surface area contributed by atoms with Crippen LogP contribution in [0.25, 0.3) is 0 Å². The van der Waals surface area contributed by atoms with Crippen LogP contribution in [-0.4, -0.2) is 15.5 Å². The van der Waals surface area contributed by atoms with Gasteiger partial charge >= 0.3 is 0 Å². The van der Waals surface area contributed by atoms with E-state index in [0.29, 0.717) is 0 Å². The molecule has 0 fully saturated rings. The summed E-state index contributed by atoms with van der Waals surface area (Å²) in [6, 6.07) is 3.29. The largest absolute Gasteiger partial charge is 0.240 e. The molecule has 1 rings (SSSR count). The zero-order chi connectivity index (χ0) is 10.8. The maximum Gasteiger partial charge on any atom is 0.240 e. The smallest absolute Gasteiger partial charge is 0.214 e. The predicted molar refractivity (Wildman–Crippen MR) is 50.6 cm³/mol. The van der Waals surface area contributed by atoms with Crippen LogP contribution in [0.15, 0.2) is 23.1 Å². The van der Waals surface area contributed by atoms with Gasteiger partial charge in [-0.1, -0.05) is 5.92 Å². The molecule has 0 bridgehead atoms. The van der Waals surface area contributed by atoms with Gasteiger partial charge in [-0.25, -0.2) is 17.5 Å². The van der Waals surface area contributed by atoms with E-state index >= 15 is 0 Å². The van der Waals surface area contributed by atoms with Crippen molar-refractivity contribution in [3.8, 4) is 12.3 Å². The fraction of sp³-hybridized carbons (Fsp3) is 0.111. The Balaban J connectivity index is 3.36. The van der Waals surface area contributed by atoms with Gasteiger partial charge in [-0.3, -0.25) is 0 Å². The highest BCUT2D eigenvalue weighted by atomic mass is 32.2. The van der Waals surface area contributed by atoms with Gasteiger partial charge in [-0.05, 0) is 25.2 Å². The summed E-state index contributed by atoms with van der Waals surface area (Å²) >= 11 is 0. The Morgan fingerprint density at radius 3 is 2.64 bits per heavy atom. The molecule has 0 atom stereocenters. The van der Waals surface area contributed by atoms with Crippen LogP contribution in [0.4, 0.5) is 4.39 Å². The zero-order valence-electron chi connectivity index (χ0n) is 7.41. The number of nitrogens with one attached hydrogen (secondary N) is 1. The summed E-state index contributed by atoms with van der Waals surface area (Å²) in [5.41, 5.74) is -0.0682. The van der Waals surface area contributed by atoms with E-state index in [2.05, 4.69) is 10.6 Å². The van der Waals surface area contributed by atoms with Gasteiger partial charge in [-0.2, -0.15) is 0 Å². The Morgan fingerprint density at radius 1 is 1.50 bits per heavy atom. The maximum atomic E-state index is 12.9. The van der Waals surface area contributed by atoms with Crippen LogP contribution in [0.5, 0.6) is 0 Å². The van der Waals surface area contributed by atoms with E-state index in [1.165, 1.54) is 7.05 Å². The van der Waals surface area contributed by atoms with Crippen molar-refractivity contribution in [2.24, 2.45) is 0 Å². The third kappa shape index (κ3) is 1.92. The molecule has 3 nitrogen and oxygen atoms in total. The van der Waals surface area contributed by atoms with Crippen LogP contribution in [0.2, 0.25) is 0 Å².